The number of hydrogen-bond donors (Lipinski definition) is 0. The van der Waals surface area contributed by atoms with Crippen LogP contribution in [0.15, 0.2) is 164 Å². The first-order valence-corrected chi connectivity index (χ1v) is 17.5. The molecule has 8 aromatic rings. The largest absolute Gasteiger partial charge is 0.264 e. The van der Waals surface area contributed by atoms with E-state index in [0.29, 0.717) is 0 Å². The summed E-state index contributed by atoms with van der Waals surface area (Å²) in [6.07, 6.45) is 3.86. The topological polar surface area (TPSA) is 38.7 Å². The van der Waals surface area contributed by atoms with E-state index < -0.39 is 5.41 Å². The minimum absolute atomic E-state index is 0.493. The summed E-state index contributed by atoms with van der Waals surface area (Å²) in [4.78, 5) is 14.3. The summed E-state index contributed by atoms with van der Waals surface area (Å²) in [7, 11) is 0. The number of pyridine rings is 1. The van der Waals surface area contributed by atoms with Gasteiger partial charge in [0.15, 0.2) is 0 Å². The molecular weight excluding hydrogens is 619 g/mol. The monoisotopic (exact) mass is 651 g/mol. The number of nitrogens with zero attached hydrogens (tertiary/aromatic N) is 3. The number of benzene rings is 6. The Bertz CT molecular complexity index is 2660. The molecule has 0 aliphatic heterocycles. The summed E-state index contributed by atoms with van der Waals surface area (Å²) >= 11 is 0. The van der Waals surface area contributed by atoms with Crippen LogP contribution in [0.1, 0.15) is 33.6 Å². The smallest absolute Gasteiger partial charge is 0.126 e. The van der Waals surface area contributed by atoms with Gasteiger partial charge in [0.2, 0.25) is 0 Å². The Morgan fingerprint density at radius 2 is 0.922 bits per heavy atom. The molecule has 1 atom stereocenters. The minimum Gasteiger partial charge on any atom is -0.264 e. The highest BCUT2D eigenvalue weighted by molar-refractivity contribution is 5.97. The van der Waals surface area contributed by atoms with E-state index in [1.807, 2.05) is 25.4 Å². The molecule has 3 heteroatoms. The van der Waals surface area contributed by atoms with Gasteiger partial charge in [-0.25, -0.2) is 9.97 Å². The van der Waals surface area contributed by atoms with Gasteiger partial charge in [-0.3, -0.25) is 4.98 Å². The second kappa shape index (κ2) is 11.3. The van der Waals surface area contributed by atoms with Crippen molar-refractivity contribution in [3.05, 3.63) is 198 Å². The third kappa shape index (κ3) is 4.34. The quantitative estimate of drug-likeness (QED) is 0.190. The predicted octanol–water partition coefficient (Wildman–Crippen LogP) is 11.5. The second-order valence-corrected chi connectivity index (χ2v) is 13.6. The molecule has 3 nitrogen and oxygen atoms in total. The molecule has 0 fully saturated rings. The van der Waals surface area contributed by atoms with Gasteiger partial charge in [-0.2, -0.15) is 0 Å². The van der Waals surface area contributed by atoms with Crippen molar-refractivity contribution in [2.45, 2.75) is 19.3 Å². The molecule has 2 aliphatic rings. The van der Waals surface area contributed by atoms with Gasteiger partial charge in [0.1, 0.15) is 5.82 Å². The molecule has 2 heterocycles. The third-order valence-electron chi connectivity index (χ3n) is 10.9. The number of hydrogen-bond acceptors (Lipinski definition) is 3. The maximum atomic E-state index is 4.99. The van der Waals surface area contributed by atoms with Crippen LogP contribution in [0.4, 0.5) is 0 Å². The molecule has 2 aliphatic carbocycles. The fraction of sp³-hybridized carbons (Fsp3) is 0.0625. The van der Waals surface area contributed by atoms with Crippen molar-refractivity contribution in [2.24, 2.45) is 0 Å². The molecule has 0 radical (unpaired) electrons. The van der Waals surface area contributed by atoms with E-state index >= 15 is 0 Å². The Morgan fingerprint density at radius 3 is 1.59 bits per heavy atom. The second-order valence-electron chi connectivity index (χ2n) is 13.6. The molecule has 240 valence electrons. The Kier molecular flexibility index (Phi) is 6.53. The standard InChI is InChI=1S/C48H33N3/c1-30-24-25-49-29-41(30)36-15-7-6-14-35(36)33-20-22-39-37-16-8-10-18-42(37)48(44(39)26-33)43-19-11-9-17-38(43)40-23-21-34(27-45(40)48)47-28-46(50-31(2)51-47)32-12-4-3-5-13-32/h3-29H,1-2H3. The van der Waals surface area contributed by atoms with Crippen molar-refractivity contribution >= 4 is 0 Å². The zero-order valence-electron chi connectivity index (χ0n) is 28.4. The lowest BCUT2D eigenvalue weighted by atomic mass is 9.70. The van der Waals surface area contributed by atoms with Gasteiger partial charge < -0.3 is 0 Å². The van der Waals surface area contributed by atoms with Crippen molar-refractivity contribution < 1.29 is 0 Å². The van der Waals surface area contributed by atoms with Crippen LogP contribution in [-0.4, -0.2) is 15.0 Å². The fourth-order valence-electron chi connectivity index (χ4n) is 8.65. The van der Waals surface area contributed by atoms with Crippen LogP contribution in [0.2, 0.25) is 0 Å². The van der Waals surface area contributed by atoms with E-state index in [9.17, 15) is 0 Å². The van der Waals surface area contributed by atoms with Crippen molar-refractivity contribution in [3.8, 4) is 67.0 Å². The minimum atomic E-state index is -0.493. The van der Waals surface area contributed by atoms with Gasteiger partial charge in [-0.15, -0.1) is 0 Å². The zero-order chi connectivity index (χ0) is 34.1. The molecule has 0 bridgehead atoms. The van der Waals surface area contributed by atoms with Crippen molar-refractivity contribution in [1.29, 1.82) is 0 Å². The van der Waals surface area contributed by atoms with Gasteiger partial charge in [0, 0.05) is 29.1 Å². The van der Waals surface area contributed by atoms with E-state index in [4.69, 9.17) is 9.97 Å². The predicted molar refractivity (Wildman–Crippen MR) is 207 cm³/mol. The Labute approximate surface area is 298 Å². The van der Waals surface area contributed by atoms with Crippen LogP contribution in [0.25, 0.3) is 67.0 Å². The van der Waals surface area contributed by atoms with Crippen LogP contribution in [0.5, 0.6) is 0 Å². The third-order valence-corrected chi connectivity index (χ3v) is 10.9. The molecule has 0 N–H and O–H groups in total. The van der Waals surface area contributed by atoms with Crippen LogP contribution in [0, 0.1) is 13.8 Å². The highest BCUT2D eigenvalue weighted by Gasteiger charge is 2.51. The van der Waals surface area contributed by atoms with Gasteiger partial charge in [-0.1, -0.05) is 127 Å². The van der Waals surface area contributed by atoms with Crippen LogP contribution < -0.4 is 0 Å². The maximum Gasteiger partial charge on any atom is 0.126 e. The normalized spacial score (nSPS) is 14.9. The summed E-state index contributed by atoms with van der Waals surface area (Å²) in [6, 6.07) is 55.3. The maximum absolute atomic E-state index is 4.99. The number of fused-ring (bicyclic) bond motifs is 10. The summed E-state index contributed by atoms with van der Waals surface area (Å²) in [5.41, 5.74) is 19.8. The number of aromatic nitrogens is 3. The summed E-state index contributed by atoms with van der Waals surface area (Å²) in [5.74, 6) is 0.758. The Morgan fingerprint density at radius 1 is 0.392 bits per heavy atom. The number of rotatable bonds is 4. The average Bonchev–Trinajstić information content (AvgIpc) is 3.65. The van der Waals surface area contributed by atoms with Gasteiger partial charge >= 0.3 is 0 Å². The molecular formula is C48H33N3. The van der Waals surface area contributed by atoms with Crippen molar-refractivity contribution in [1.82, 2.24) is 15.0 Å². The van der Waals surface area contributed by atoms with Crippen molar-refractivity contribution in [2.75, 3.05) is 0 Å². The summed E-state index contributed by atoms with van der Waals surface area (Å²) in [6.45, 7) is 4.14. The first-order chi connectivity index (χ1) is 25.1. The van der Waals surface area contributed by atoms with E-state index in [2.05, 4.69) is 158 Å². The molecule has 0 saturated carbocycles. The van der Waals surface area contributed by atoms with Crippen LogP contribution in [0.3, 0.4) is 0 Å². The molecule has 1 unspecified atom stereocenters. The van der Waals surface area contributed by atoms with Gasteiger partial charge in [0.05, 0.1) is 16.8 Å². The lowest BCUT2D eigenvalue weighted by Crippen LogP contribution is -2.26. The summed E-state index contributed by atoms with van der Waals surface area (Å²) < 4.78 is 0. The first-order valence-electron chi connectivity index (χ1n) is 17.5. The molecule has 1 spiro atoms. The van der Waals surface area contributed by atoms with E-state index in [1.165, 1.54) is 66.8 Å². The SMILES string of the molecule is Cc1nc(-c2ccccc2)cc(-c2ccc3c(c2)C2(c4ccccc4-3)c3ccccc3-c3ccc(-c4ccccc4-c4cnccc4C)cc32)n1. The average molecular weight is 652 g/mol. The zero-order valence-corrected chi connectivity index (χ0v) is 28.4. The van der Waals surface area contributed by atoms with Gasteiger partial charge in [0.25, 0.3) is 0 Å². The van der Waals surface area contributed by atoms with Gasteiger partial charge in [-0.05, 0) is 105 Å². The lowest BCUT2D eigenvalue weighted by molar-refractivity contribution is 0.794. The molecule has 0 saturated heterocycles. The van der Waals surface area contributed by atoms with E-state index in [1.54, 1.807) is 0 Å². The van der Waals surface area contributed by atoms with Crippen LogP contribution >= 0.6 is 0 Å². The Balaban J connectivity index is 1.23. The summed E-state index contributed by atoms with van der Waals surface area (Å²) in [5, 5.41) is 0. The fourth-order valence-corrected chi connectivity index (χ4v) is 8.65. The van der Waals surface area contributed by atoms with Crippen molar-refractivity contribution in [3.63, 3.8) is 0 Å². The molecule has 10 rings (SSSR count). The highest BCUT2D eigenvalue weighted by Crippen LogP contribution is 2.63. The molecule has 6 aromatic carbocycles. The molecule has 0 amide bonds. The highest BCUT2D eigenvalue weighted by atomic mass is 14.9. The number of aryl methyl sites for hydroxylation is 2. The molecule has 51 heavy (non-hydrogen) atoms. The van der Waals surface area contributed by atoms with E-state index in [-0.39, 0.29) is 0 Å². The first kappa shape index (κ1) is 29.5. The van der Waals surface area contributed by atoms with E-state index in [0.717, 1.165) is 33.9 Å². The lowest BCUT2D eigenvalue weighted by Gasteiger charge is -2.31. The Hall–Kier alpha value is -6.45. The molecule has 2 aromatic heterocycles. The van der Waals surface area contributed by atoms with Crippen LogP contribution in [-0.2, 0) is 5.41 Å².